The van der Waals surface area contributed by atoms with Gasteiger partial charge in [0.1, 0.15) is 17.6 Å². The lowest BCUT2D eigenvalue weighted by atomic mass is 9.93. The van der Waals surface area contributed by atoms with Crippen LogP contribution in [-0.2, 0) is 16.0 Å². The van der Waals surface area contributed by atoms with E-state index in [1.54, 1.807) is 26.0 Å². The van der Waals surface area contributed by atoms with Gasteiger partial charge in [0.05, 0.1) is 24.0 Å². The maximum absolute atomic E-state index is 13.2. The molecule has 2 aromatic carbocycles. The Labute approximate surface area is 209 Å². The van der Waals surface area contributed by atoms with Crippen molar-refractivity contribution in [3.05, 3.63) is 84.1 Å². The van der Waals surface area contributed by atoms with Crippen molar-refractivity contribution in [2.75, 3.05) is 0 Å². The zero-order valence-electron chi connectivity index (χ0n) is 20.4. The second-order valence-electron chi connectivity index (χ2n) is 9.33. The molecule has 3 N–H and O–H groups in total. The Kier molecular flexibility index (Phi) is 8.47. The molecule has 9 heteroatoms. The highest BCUT2D eigenvalue weighted by atomic mass is 19.1. The van der Waals surface area contributed by atoms with E-state index >= 15 is 0 Å². The molecule has 2 atom stereocenters. The summed E-state index contributed by atoms with van der Waals surface area (Å²) in [5, 5.41) is 14.8. The number of hydrogen-bond acceptors (Lipinski definition) is 5. The fraction of sp³-hybridized carbons (Fsp3) is 0.296. The molecule has 0 radical (unpaired) electrons. The van der Waals surface area contributed by atoms with Gasteiger partial charge >= 0.3 is 5.97 Å². The van der Waals surface area contributed by atoms with Crippen molar-refractivity contribution in [1.82, 2.24) is 20.6 Å². The molecule has 1 heterocycles. The van der Waals surface area contributed by atoms with Crippen LogP contribution in [0.3, 0.4) is 0 Å². The van der Waals surface area contributed by atoms with E-state index in [-0.39, 0.29) is 17.9 Å². The van der Waals surface area contributed by atoms with Crippen molar-refractivity contribution in [1.29, 1.82) is 0 Å². The van der Waals surface area contributed by atoms with E-state index in [0.717, 1.165) is 11.1 Å². The van der Waals surface area contributed by atoms with Gasteiger partial charge in [-0.05, 0) is 44.4 Å². The molecule has 1 aromatic heterocycles. The van der Waals surface area contributed by atoms with Crippen molar-refractivity contribution >= 4 is 17.8 Å². The molecule has 0 aliphatic heterocycles. The zero-order valence-corrected chi connectivity index (χ0v) is 20.4. The monoisotopic (exact) mass is 492 g/mol. The highest BCUT2D eigenvalue weighted by Gasteiger charge is 2.30. The van der Waals surface area contributed by atoms with Crippen molar-refractivity contribution in [3.63, 3.8) is 0 Å². The van der Waals surface area contributed by atoms with Gasteiger partial charge in [-0.3, -0.25) is 19.4 Å². The predicted molar refractivity (Wildman–Crippen MR) is 132 cm³/mol. The normalized spacial score (nSPS) is 12.9. The molecular formula is C27H29FN4O4. The summed E-state index contributed by atoms with van der Waals surface area (Å²) in [6, 6.07) is 14.2. The molecule has 188 valence electrons. The summed E-state index contributed by atoms with van der Waals surface area (Å²) in [6.07, 6.45) is 3.06. The standard InChI is InChI=1S/C27H29FN4O4/c1-17(26(35)36)13-21(25(34)32-27(2,3)14-18-9-11-20(28)12-10-18)31-24(33)23-16-29-22(15-30-23)19-7-5-4-6-8-19/h4-12,15-17,21H,13-14H2,1-3H3,(H,31,33)(H,32,34)(H,35,36). The first kappa shape index (κ1) is 26.5. The third-order valence-corrected chi connectivity index (χ3v) is 5.61. The van der Waals surface area contributed by atoms with E-state index in [1.165, 1.54) is 31.5 Å². The summed E-state index contributed by atoms with van der Waals surface area (Å²) in [6.45, 7) is 5.05. The van der Waals surface area contributed by atoms with Crippen LogP contribution in [-0.4, -0.2) is 44.4 Å². The maximum atomic E-state index is 13.2. The molecule has 3 aromatic rings. The number of nitrogens with zero attached hydrogens (tertiary/aromatic N) is 2. The van der Waals surface area contributed by atoms with Gasteiger partial charge in [-0.15, -0.1) is 0 Å². The first-order chi connectivity index (χ1) is 17.0. The molecule has 0 saturated heterocycles. The molecule has 2 amide bonds. The fourth-order valence-corrected chi connectivity index (χ4v) is 3.70. The number of rotatable bonds is 10. The van der Waals surface area contributed by atoms with Crippen molar-refractivity contribution < 1.29 is 23.9 Å². The lowest BCUT2D eigenvalue weighted by molar-refractivity contribution is -0.141. The Morgan fingerprint density at radius 1 is 1.00 bits per heavy atom. The Morgan fingerprint density at radius 2 is 1.67 bits per heavy atom. The SMILES string of the molecule is CC(CC(NC(=O)c1cnc(-c2ccccc2)cn1)C(=O)NC(C)(C)Cc1ccc(F)cc1)C(=O)O. The second-order valence-corrected chi connectivity index (χ2v) is 9.33. The molecule has 3 rings (SSSR count). The van der Waals surface area contributed by atoms with Gasteiger partial charge in [0.15, 0.2) is 0 Å². The maximum Gasteiger partial charge on any atom is 0.306 e. The van der Waals surface area contributed by atoms with Crippen LogP contribution in [0.25, 0.3) is 11.3 Å². The first-order valence-corrected chi connectivity index (χ1v) is 11.5. The summed E-state index contributed by atoms with van der Waals surface area (Å²) in [5.41, 5.74) is 1.49. The van der Waals surface area contributed by atoms with Crippen LogP contribution < -0.4 is 10.6 Å². The lowest BCUT2D eigenvalue weighted by Crippen LogP contribution is -2.54. The van der Waals surface area contributed by atoms with E-state index in [2.05, 4.69) is 20.6 Å². The van der Waals surface area contributed by atoms with Crippen LogP contribution in [0, 0.1) is 11.7 Å². The molecule has 0 spiro atoms. The third kappa shape index (κ3) is 7.43. The molecule has 2 unspecified atom stereocenters. The van der Waals surface area contributed by atoms with Crippen molar-refractivity contribution in [2.45, 2.75) is 45.2 Å². The van der Waals surface area contributed by atoms with Gasteiger partial charge in [0, 0.05) is 11.1 Å². The highest BCUT2D eigenvalue weighted by molar-refractivity contribution is 5.96. The van der Waals surface area contributed by atoms with Gasteiger partial charge in [0.25, 0.3) is 5.91 Å². The summed E-state index contributed by atoms with van der Waals surface area (Å²) in [7, 11) is 0. The number of nitrogens with one attached hydrogen (secondary N) is 2. The van der Waals surface area contributed by atoms with Crippen molar-refractivity contribution in [2.24, 2.45) is 5.92 Å². The number of benzene rings is 2. The Balaban J connectivity index is 1.72. The minimum Gasteiger partial charge on any atom is -0.481 e. The quantitative estimate of drug-likeness (QED) is 0.397. The number of aromatic nitrogens is 2. The van der Waals surface area contributed by atoms with Crippen molar-refractivity contribution in [3.8, 4) is 11.3 Å². The summed E-state index contributed by atoms with van der Waals surface area (Å²) in [4.78, 5) is 45.9. The fourth-order valence-electron chi connectivity index (χ4n) is 3.70. The zero-order chi connectivity index (χ0) is 26.3. The molecule has 0 bridgehead atoms. The number of amides is 2. The molecular weight excluding hydrogens is 463 g/mol. The molecule has 0 aliphatic carbocycles. The number of carbonyl (C=O) groups excluding carboxylic acids is 2. The smallest absolute Gasteiger partial charge is 0.306 e. The van der Waals surface area contributed by atoms with Crippen LogP contribution in [0.15, 0.2) is 67.0 Å². The lowest BCUT2D eigenvalue weighted by Gasteiger charge is -2.30. The van der Waals surface area contributed by atoms with Gasteiger partial charge in [-0.2, -0.15) is 0 Å². The molecule has 8 nitrogen and oxygen atoms in total. The Hall–Kier alpha value is -4.14. The summed E-state index contributed by atoms with van der Waals surface area (Å²) in [5.74, 6) is -3.49. The molecule has 0 aliphatic rings. The van der Waals surface area contributed by atoms with Crippen LogP contribution in [0.2, 0.25) is 0 Å². The van der Waals surface area contributed by atoms with E-state index < -0.39 is 35.3 Å². The van der Waals surface area contributed by atoms with Gasteiger partial charge < -0.3 is 15.7 Å². The van der Waals surface area contributed by atoms with Gasteiger partial charge in [-0.25, -0.2) is 9.37 Å². The van der Waals surface area contributed by atoms with Gasteiger partial charge in [0.2, 0.25) is 5.91 Å². The minimum absolute atomic E-state index is 0.000955. The van der Waals surface area contributed by atoms with E-state index in [0.29, 0.717) is 12.1 Å². The minimum atomic E-state index is -1.12. The Morgan fingerprint density at radius 3 is 2.25 bits per heavy atom. The van der Waals surface area contributed by atoms with Crippen LogP contribution in [0.1, 0.15) is 43.2 Å². The predicted octanol–water partition coefficient (Wildman–Crippen LogP) is 3.63. The number of carbonyl (C=O) groups is 3. The van der Waals surface area contributed by atoms with E-state index in [1.807, 2.05) is 30.3 Å². The molecule has 36 heavy (non-hydrogen) atoms. The molecule has 0 fully saturated rings. The first-order valence-electron chi connectivity index (χ1n) is 11.5. The largest absolute Gasteiger partial charge is 0.481 e. The van der Waals surface area contributed by atoms with E-state index in [9.17, 15) is 23.9 Å². The number of carboxylic acid groups (broad SMARTS) is 1. The highest BCUT2D eigenvalue weighted by Crippen LogP contribution is 2.17. The van der Waals surface area contributed by atoms with Crippen LogP contribution >= 0.6 is 0 Å². The number of aliphatic carboxylic acids is 1. The number of carboxylic acids is 1. The summed E-state index contributed by atoms with van der Waals surface area (Å²) >= 11 is 0. The van der Waals surface area contributed by atoms with Gasteiger partial charge in [-0.1, -0.05) is 49.4 Å². The molecule has 0 saturated carbocycles. The summed E-state index contributed by atoms with van der Waals surface area (Å²) < 4.78 is 13.2. The second kappa shape index (κ2) is 11.5. The van der Waals surface area contributed by atoms with E-state index in [4.69, 9.17) is 0 Å². The third-order valence-electron chi connectivity index (χ3n) is 5.61. The number of halogens is 1. The topological polar surface area (TPSA) is 121 Å². The van der Waals surface area contributed by atoms with Crippen LogP contribution in [0.5, 0.6) is 0 Å². The Bertz CT molecular complexity index is 1200. The average Bonchev–Trinajstić information content (AvgIpc) is 2.85. The average molecular weight is 493 g/mol. The number of hydrogen-bond donors (Lipinski definition) is 3. The van der Waals surface area contributed by atoms with Crippen LogP contribution in [0.4, 0.5) is 4.39 Å².